The third-order valence-corrected chi connectivity index (χ3v) is 5.84. The predicted molar refractivity (Wildman–Crippen MR) is 97.4 cm³/mol. The summed E-state index contributed by atoms with van der Waals surface area (Å²) >= 11 is 5.97. The monoisotopic (exact) mass is 361 g/mol. The molecule has 2 fully saturated rings. The second-order valence-corrected chi connectivity index (χ2v) is 7.74. The zero-order valence-electron chi connectivity index (χ0n) is 14.6. The highest BCUT2D eigenvalue weighted by Crippen LogP contribution is 2.57. The molecule has 3 rings (SSSR count). The molecule has 0 radical (unpaired) electrons. The summed E-state index contributed by atoms with van der Waals surface area (Å²) in [5.74, 6) is -1.89. The summed E-state index contributed by atoms with van der Waals surface area (Å²) in [5.41, 5.74) is 3.44. The number of hydrogen-bond donors (Lipinski definition) is 2. The SMILES string of the molecule is CC(C)=C1C2CCC1C(C(=O)NCCc1cccc(Cl)c1)C2C(=O)O. The molecule has 2 N–H and O–H groups in total. The Hall–Kier alpha value is -1.81. The summed E-state index contributed by atoms with van der Waals surface area (Å²) in [5, 5.41) is 13.3. The number of carbonyl (C=O) groups excluding carboxylic acids is 1. The molecule has 2 bridgehead atoms. The van der Waals surface area contributed by atoms with E-state index >= 15 is 0 Å². The van der Waals surface area contributed by atoms with Gasteiger partial charge in [-0.1, -0.05) is 34.9 Å². The van der Waals surface area contributed by atoms with Gasteiger partial charge in [-0.05, 0) is 62.6 Å². The van der Waals surface area contributed by atoms with Gasteiger partial charge in [0, 0.05) is 11.6 Å². The van der Waals surface area contributed by atoms with Gasteiger partial charge in [-0.25, -0.2) is 0 Å². The summed E-state index contributed by atoms with van der Waals surface area (Å²) in [4.78, 5) is 24.5. The molecular formula is C20H24ClNO3. The van der Waals surface area contributed by atoms with Gasteiger partial charge in [-0.3, -0.25) is 9.59 Å². The van der Waals surface area contributed by atoms with Crippen LogP contribution in [0.25, 0.3) is 0 Å². The quantitative estimate of drug-likeness (QED) is 0.786. The summed E-state index contributed by atoms with van der Waals surface area (Å²) in [6, 6.07) is 7.55. The molecule has 2 saturated carbocycles. The third kappa shape index (κ3) is 3.45. The number of carboxylic acids is 1. The van der Waals surface area contributed by atoms with Gasteiger partial charge in [0.2, 0.25) is 5.91 Å². The number of carbonyl (C=O) groups is 2. The van der Waals surface area contributed by atoms with Gasteiger partial charge < -0.3 is 10.4 Å². The molecule has 5 heteroatoms. The van der Waals surface area contributed by atoms with Crippen LogP contribution < -0.4 is 5.32 Å². The standard InChI is InChI=1S/C20H24ClNO3/c1-11(2)16-14-6-7-15(16)18(20(24)25)17(14)19(23)22-9-8-12-4-3-5-13(21)10-12/h3-5,10,14-15,17-18H,6-9H2,1-2H3,(H,22,23)(H,24,25). The number of carboxylic acid groups (broad SMARTS) is 1. The van der Waals surface area contributed by atoms with Crippen molar-refractivity contribution in [3.8, 4) is 0 Å². The van der Waals surface area contributed by atoms with Crippen molar-refractivity contribution < 1.29 is 14.7 Å². The Morgan fingerprint density at radius 3 is 2.48 bits per heavy atom. The normalized spacial score (nSPS) is 27.4. The fourth-order valence-corrected chi connectivity index (χ4v) is 4.96. The first kappa shape index (κ1) is 18.0. The van der Waals surface area contributed by atoms with Crippen molar-refractivity contribution in [3.63, 3.8) is 0 Å². The summed E-state index contributed by atoms with van der Waals surface area (Å²) in [7, 11) is 0. The molecule has 2 aliphatic rings. The maximum Gasteiger partial charge on any atom is 0.307 e. The molecule has 4 nitrogen and oxygen atoms in total. The highest BCUT2D eigenvalue weighted by molar-refractivity contribution is 6.30. The number of benzene rings is 1. The number of aliphatic carboxylic acids is 1. The first-order valence-electron chi connectivity index (χ1n) is 8.82. The Kier molecular flexibility index (Phi) is 5.19. The largest absolute Gasteiger partial charge is 0.481 e. The van der Waals surface area contributed by atoms with E-state index in [1.807, 2.05) is 38.1 Å². The van der Waals surface area contributed by atoms with Crippen LogP contribution in [0.15, 0.2) is 35.4 Å². The third-order valence-electron chi connectivity index (χ3n) is 5.61. The van der Waals surface area contributed by atoms with Gasteiger partial charge in [0.1, 0.15) is 0 Å². The molecule has 134 valence electrons. The number of fused-ring (bicyclic) bond motifs is 2. The van der Waals surface area contributed by atoms with Crippen molar-refractivity contribution >= 4 is 23.5 Å². The van der Waals surface area contributed by atoms with Crippen LogP contribution in [-0.4, -0.2) is 23.5 Å². The summed E-state index contributed by atoms with van der Waals surface area (Å²) in [6.07, 6.45) is 2.48. The van der Waals surface area contributed by atoms with Crippen molar-refractivity contribution in [1.29, 1.82) is 0 Å². The van der Waals surface area contributed by atoms with Gasteiger partial charge in [-0.2, -0.15) is 0 Å². The Bertz CT molecular complexity index is 723. The van der Waals surface area contributed by atoms with Crippen LogP contribution in [0.5, 0.6) is 0 Å². The molecule has 0 heterocycles. The minimum atomic E-state index is -0.846. The van der Waals surface area contributed by atoms with E-state index in [4.69, 9.17) is 11.6 Å². The van der Waals surface area contributed by atoms with Crippen LogP contribution in [0.2, 0.25) is 5.02 Å². The molecule has 1 amide bonds. The van der Waals surface area contributed by atoms with E-state index in [0.717, 1.165) is 18.4 Å². The highest BCUT2D eigenvalue weighted by atomic mass is 35.5. The molecule has 1 aromatic carbocycles. The smallest absolute Gasteiger partial charge is 0.307 e. The number of amides is 1. The fourth-order valence-electron chi connectivity index (χ4n) is 4.75. The average molecular weight is 362 g/mol. The van der Waals surface area contributed by atoms with Gasteiger partial charge in [-0.15, -0.1) is 0 Å². The molecule has 4 atom stereocenters. The van der Waals surface area contributed by atoms with E-state index in [-0.39, 0.29) is 17.7 Å². The Balaban J connectivity index is 1.68. The van der Waals surface area contributed by atoms with Gasteiger partial charge in [0.05, 0.1) is 11.8 Å². The maximum absolute atomic E-state index is 12.8. The summed E-state index contributed by atoms with van der Waals surface area (Å²) < 4.78 is 0. The van der Waals surface area contributed by atoms with E-state index in [9.17, 15) is 14.7 Å². The molecule has 0 aromatic heterocycles. The van der Waals surface area contributed by atoms with Crippen molar-refractivity contribution in [2.75, 3.05) is 6.54 Å². The number of nitrogens with one attached hydrogen (secondary N) is 1. The second-order valence-electron chi connectivity index (χ2n) is 7.31. The average Bonchev–Trinajstić information content (AvgIpc) is 3.10. The van der Waals surface area contributed by atoms with Crippen molar-refractivity contribution in [2.24, 2.45) is 23.7 Å². The highest BCUT2D eigenvalue weighted by Gasteiger charge is 2.57. The van der Waals surface area contributed by atoms with Crippen LogP contribution in [0.3, 0.4) is 0 Å². The molecular weight excluding hydrogens is 338 g/mol. The molecule has 0 saturated heterocycles. The van der Waals surface area contributed by atoms with Crippen LogP contribution >= 0.6 is 11.6 Å². The Morgan fingerprint density at radius 2 is 1.88 bits per heavy atom. The number of hydrogen-bond acceptors (Lipinski definition) is 2. The maximum atomic E-state index is 12.8. The zero-order valence-corrected chi connectivity index (χ0v) is 15.3. The zero-order chi connectivity index (χ0) is 18.1. The molecule has 2 aliphatic carbocycles. The Labute approximate surface area is 153 Å². The van der Waals surface area contributed by atoms with Crippen LogP contribution in [0.1, 0.15) is 32.3 Å². The van der Waals surface area contributed by atoms with Crippen LogP contribution in [-0.2, 0) is 16.0 Å². The Morgan fingerprint density at radius 1 is 1.20 bits per heavy atom. The number of allylic oxidation sites excluding steroid dienone is 2. The van der Waals surface area contributed by atoms with E-state index in [1.165, 1.54) is 11.1 Å². The van der Waals surface area contributed by atoms with Crippen molar-refractivity contribution in [1.82, 2.24) is 5.32 Å². The number of rotatable bonds is 5. The lowest BCUT2D eigenvalue weighted by Crippen LogP contribution is -2.41. The van der Waals surface area contributed by atoms with E-state index in [2.05, 4.69) is 5.32 Å². The molecule has 1 aromatic rings. The summed E-state index contributed by atoms with van der Waals surface area (Å²) in [6.45, 7) is 4.54. The topological polar surface area (TPSA) is 66.4 Å². The van der Waals surface area contributed by atoms with Gasteiger partial charge in [0.15, 0.2) is 0 Å². The van der Waals surface area contributed by atoms with E-state index < -0.39 is 17.8 Å². The van der Waals surface area contributed by atoms with Crippen LogP contribution in [0, 0.1) is 23.7 Å². The van der Waals surface area contributed by atoms with Crippen molar-refractivity contribution in [3.05, 3.63) is 46.0 Å². The van der Waals surface area contributed by atoms with Crippen molar-refractivity contribution in [2.45, 2.75) is 33.1 Å². The first-order valence-corrected chi connectivity index (χ1v) is 9.20. The molecule has 0 aliphatic heterocycles. The fraction of sp³-hybridized carbons (Fsp3) is 0.500. The van der Waals surface area contributed by atoms with Crippen LogP contribution in [0.4, 0.5) is 0 Å². The lowest BCUT2D eigenvalue weighted by molar-refractivity contribution is -0.149. The van der Waals surface area contributed by atoms with Gasteiger partial charge >= 0.3 is 5.97 Å². The van der Waals surface area contributed by atoms with E-state index in [1.54, 1.807) is 0 Å². The lowest BCUT2D eigenvalue weighted by atomic mass is 9.78. The lowest BCUT2D eigenvalue weighted by Gasteiger charge is -2.26. The van der Waals surface area contributed by atoms with E-state index in [0.29, 0.717) is 18.0 Å². The minimum absolute atomic E-state index is 0.0242. The molecule has 0 spiro atoms. The first-order chi connectivity index (χ1) is 11.9. The number of halogens is 1. The molecule has 4 unspecified atom stereocenters. The minimum Gasteiger partial charge on any atom is -0.481 e. The van der Waals surface area contributed by atoms with Gasteiger partial charge in [0.25, 0.3) is 0 Å². The second kappa shape index (κ2) is 7.20. The molecule has 25 heavy (non-hydrogen) atoms. The predicted octanol–water partition coefficient (Wildman–Crippen LogP) is 3.69.